The number of aryl methyl sites for hydroxylation is 4. The number of rotatable bonds is 1. The van der Waals surface area contributed by atoms with Crippen LogP contribution in [0.4, 0.5) is 0 Å². The lowest BCUT2D eigenvalue weighted by Gasteiger charge is -2.06. The minimum absolute atomic E-state index is 1.06. The average molecular weight is 200 g/mol. The Balaban J connectivity index is 2.58. The van der Waals surface area contributed by atoms with E-state index in [-0.39, 0.29) is 0 Å². The lowest BCUT2D eigenvalue weighted by molar-refractivity contribution is 0.831. The number of benzene rings is 1. The molecule has 1 aromatic carbocycles. The van der Waals surface area contributed by atoms with Gasteiger partial charge in [-0.25, -0.2) is 4.68 Å². The first-order valence-corrected chi connectivity index (χ1v) is 5.18. The van der Waals surface area contributed by atoms with Gasteiger partial charge in [0.25, 0.3) is 0 Å². The van der Waals surface area contributed by atoms with Crippen LogP contribution in [-0.2, 0) is 0 Å². The molecule has 0 atom stereocenters. The zero-order valence-electron chi connectivity index (χ0n) is 9.70. The maximum Gasteiger partial charge on any atom is 0.0654 e. The predicted molar refractivity (Wildman–Crippen MR) is 62.5 cm³/mol. The Bertz CT molecular complexity index is 475. The molecule has 0 aliphatic heterocycles. The first-order chi connectivity index (χ1) is 7.06. The fourth-order valence-electron chi connectivity index (χ4n) is 1.96. The maximum absolute atomic E-state index is 4.48. The summed E-state index contributed by atoms with van der Waals surface area (Å²) >= 11 is 0. The van der Waals surface area contributed by atoms with E-state index in [2.05, 4.69) is 50.1 Å². The summed E-state index contributed by atoms with van der Waals surface area (Å²) in [6, 6.07) is 8.59. The van der Waals surface area contributed by atoms with Gasteiger partial charge in [0.15, 0.2) is 0 Å². The Kier molecular flexibility index (Phi) is 2.35. The molecule has 0 aliphatic carbocycles. The fraction of sp³-hybridized carbons (Fsp3) is 0.308. The summed E-state index contributed by atoms with van der Waals surface area (Å²) in [4.78, 5) is 0. The van der Waals surface area contributed by atoms with Crippen LogP contribution in [0, 0.1) is 27.7 Å². The number of hydrogen-bond acceptors (Lipinski definition) is 1. The third kappa shape index (κ3) is 1.94. The van der Waals surface area contributed by atoms with Gasteiger partial charge < -0.3 is 0 Å². The van der Waals surface area contributed by atoms with Crippen molar-refractivity contribution in [2.24, 2.45) is 0 Å². The van der Waals surface area contributed by atoms with E-state index < -0.39 is 0 Å². The van der Waals surface area contributed by atoms with Gasteiger partial charge >= 0.3 is 0 Å². The highest BCUT2D eigenvalue weighted by atomic mass is 15.3. The Labute approximate surface area is 90.6 Å². The molecule has 2 nitrogen and oxygen atoms in total. The van der Waals surface area contributed by atoms with Crippen molar-refractivity contribution in [3.63, 3.8) is 0 Å². The molecule has 2 rings (SSSR count). The summed E-state index contributed by atoms with van der Waals surface area (Å²) in [6.07, 6.45) is 0. The molecule has 0 amide bonds. The van der Waals surface area contributed by atoms with Gasteiger partial charge in [0.05, 0.1) is 11.4 Å². The first-order valence-electron chi connectivity index (χ1n) is 5.18. The van der Waals surface area contributed by atoms with Crippen molar-refractivity contribution in [1.82, 2.24) is 9.78 Å². The van der Waals surface area contributed by atoms with Gasteiger partial charge in [-0.3, -0.25) is 0 Å². The molecule has 2 heteroatoms. The minimum Gasteiger partial charge on any atom is -0.238 e. The van der Waals surface area contributed by atoms with Gasteiger partial charge in [-0.1, -0.05) is 6.07 Å². The highest BCUT2D eigenvalue weighted by Crippen LogP contribution is 2.15. The summed E-state index contributed by atoms with van der Waals surface area (Å²) in [5.74, 6) is 0. The Morgan fingerprint density at radius 2 is 1.47 bits per heavy atom. The van der Waals surface area contributed by atoms with E-state index in [1.807, 2.05) is 11.6 Å². The van der Waals surface area contributed by atoms with E-state index in [1.165, 1.54) is 16.8 Å². The summed E-state index contributed by atoms with van der Waals surface area (Å²) in [5.41, 5.74) is 5.94. The molecule has 0 aliphatic rings. The second-order valence-electron chi connectivity index (χ2n) is 4.18. The van der Waals surface area contributed by atoms with E-state index in [1.54, 1.807) is 0 Å². The van der Waals surface area contributed by atoms with Gasteiger partial charge in [-0.2, -0.15) is 5.10 Å². The summed E-state index contributed by atoms with van der Waals surface area (Å²) in [5, 5.41) is 4.48. The Morgan fingerprint density at radius 3 is 1.93 bits per heavy atom. The first kappa shape index (κ1) is 9.97. The summed E-state index contributed by atoms with van der Waals surface area (Å²) in [6.45, 7) is 8.33. The zero-order chi connectivity index (χ0) is 11.0. The lowest BCUT2D eigenvalue weighted by atomic mass is 10.1. The van der Waals surface area contributed by atoms with Crippen molar-refractivity contribution in [2.45, 2.75) is 27.7 Å². The van der Waals surface area contributed by atoms with Crippen molar-refractivity contribution >= 4 is 0 Å². The van der Waals surface area contributed by atoms with Crippen LogP contribution in [0.5, 0.6) is 0 Å². The molecule has 1 heterocycles. The molecule has 0 saturated carbocycles. The smallest absolute Gasteiger partial charge is 0.0654 e. The second kappa shape index (κ2) is 3.54. The molecule has 0 saturated heterocycles. The van der Waals surface area contributed by atoms with E-state index >= 15 is 0 Å². The van der Waals surface area contributed by atoms with Gasteiger partial charge in [0, 0.05) is 5.69 Å². The molecule has 78 valence electrons. The van der Waals surface area contributed by atoms with Crippen LogP contribution in [0.1, 0.15) is 22.5 Å². The highest BCUT2D eigenvalue weighted by Gasteiger charge is 2.04. The van der Waals surface area contributed by atoms with Crippen LogP contribution >= 0.6 is 0 Å². The average Bonchev–Trinajstić information content (AvgIpc) is 2.43. The number of aromatic nitrogens is 2. The van der Waals surface area contributed by atoms with Crippen molar-refractivity contribution in [3.05, 3.63) is 46.8 Å². The molecule has 15 heavy (non-hydrogen) atoms. The van der Waals surface area contributed by atoms with Crippen LogP contribution < -0.4 is 0 Å². The standard InChI is InChI=1S/C13H16N2/c1-9-5-10(2)7-13(6-9)15-12(4)8-11(3)14-15/h5-8H,1-4H3. The molecule has 1 aromatic heterocycles. The van der Waals surface area contributed by atoms with E-state index in [4.69, 9.17) is 0 Å². The number of hydrogen-bond donors (Lipinski definition) is 0. The van der Waals surface area contributed by atoms with Crippen LogP contribution in [0.25, 0.3) is 5.69 Å². The van der Waals surface area contributed by atoms with Gasteiger partial charge in [0.1, 0.15) is 0 Å². The summed E-state index contributed by atoms with van der Waals surface area (Å²) in [7, 11) is 0. The van der Waals surface area contributed by atoms with E-state index in [9.17, 15) is 0 Å². The van der Waals surface area contributed by atoms with Gasteiger partial charge in [-0.15, -0.1) is 0 Å². The minimum atomic E-state index is 1.06. The van der Waals surface area contributed by atoms with Gasteiger partial charge in [-0.05, 0) is 57.0 Å². The lowest BCUT2D eigenvalue weighted by Crippen LogP contribution is -1.99. The molecule has 2 aromatic rings. The monoisotopic (exact) mass is 200 g/mol. The molecule has 0 unspecified atom stereocenters. The van der Waals surface area contributed by atoms with Crippen LogP contribution in [0.15, 0.2) is 24.3 Å². The van der Waals surface area contributed by atoms with Gasteiger partial charge in [0.2, 0.25) is 0 Å². The maximum atomic E-state index is 4.48. The topological polar surface area (TPSA) is 17.8 Å². The summed E-state index contributed by atoms with van der Waals surface area (Å²) < 4.78 is 2.00. The predicted octanol–water partition coefficient (Wildman–Crippen LogP) is 3.11. The van der Waals surface area contributed by atoms with Crippen LogP contribution in [0.3, 0.4) is 0 Å². The highest BCUT2D eigenvalue weighted by molar-refractivity contribution is 5.40. The fourth-order valence-corrected chi connectivity index (χ4v) is 1.96. The molecule has 0 bridgehead atoms. The second-order valence-corrected chi connectivity index (χ2v) is 4.18. The molecule has 0 spiro atoms. The molecular formula is C13H16N2. The Morgan fingerprint density at radius 1 is 0.867 bits per heavy atom. The van der Waals surface area contributed by atoms with Crippen molar-refractivity contribution < 1.29 is 0 Å². The van der Waals surface area contributed by atoms with Crippen LogP contribution in [0.2, 0.25) is 0 Å². The Hall–Kier alpha value is -1.57. The van der Waals surface area contributed by atoms with Crippen molar-refractivity contribution in [2.75, 3.05) is 0 Å². The molecule has 0 radical (unpaired) electrons. The zero-order valence-corrected chi connectivity index (χ0v) is 9.70. The molecule has 0 fully saturated rings. The quantitative estimate of drug-likeness (QED) is 0.691. The number of nitrogens with zero attached hydrogens (tertiary/aromatic N) is 2. The van der Waals surface area contributed by atoms with E-state index in [0.29, 0.717) is 0 Å². The third-order valence-electron chi connectivity index (χ3n) is 2.46. The largest absolute Gasteiger partial charge is 0.238 e. The third-order valence-corrected chi connectivity index (χ3v) is 2.46. The van der Waals surface area contributed by atoms with Crippen molar-refractivity contribution in [3.8, 4) is 5.69 Å². The van der Waals surface area contributed by atoms with E-state index in [0.717, 1.165) is 11.4 Å². The molecule has 0 N–H and O–H groups in total. The van der Waals surface area contributed by atoms with Crippen LogP contribution in [-0.4, -0.2) is 9.78 Å². The molecular weight excluding hydrogens is 184 g/mol. The van der Waals surface area contributed by atoms with Crippen molar-refractivity contribution in [1.29, 1.82) is 0 Å². The SMILES string of the molecule is Cc1cc(C)cc(-n2nc(C)cc2C)c1. The normalized spacial score (nSPS) is 10.7.